The second kappa shape index (κ2) is 36.4. The topological polar surface area (TPSA) is 274 Å². The lowest BCUT2D eigenvalue weighted by molar-refractivity contribution is 0.0322. The second-order valence-corrected chi connectivity index (χ2v) is 30.2. The molecule has 590 valence electrons. The fraction of sp³-hybridized carbons (Fsp3) is 0.381. The molecule has 0 unspecified atom stereocenters. The fourth-order valence-electron chi connectivity index (χ4n) is 15.3. The summed E-state index contributed by atoms with van der Waals surface area (Å²) in [4.78, 5) is 41.2. The Labute approximate surface area is 668 Å². The molecule has 26 nitrogen and oxygen atoms in total. The third-order valence-electron chi connectivity index (χ3n) is 21.7. The maximum atomic E-state index is 14.3. The summed E-state index contributed by atoms with van der Waals surface area (Å²) in [7, 11) is 1.55. The van der Waals surface area contributed by atoms with Crippen molar-refractivity contribution in [3.8, 4) is 80.0 Å². The largest absolute Gasteiger partial charge is 0.495 e. The molecule has 0 bridgehead atoms. The number of halogens is 4. The highest BCUT2D eigenvalue weighted by atomic mass is 35.5. The van der Waals surface area contributed by atoms with E-state index < -0.39 is 11.6 Å². The average molecular weight is 1580 g/mol. The Hall–Kier alpha value is -11.1. The highest BCUT2D eigenvalue weighted by molar-refractivity contribution is 6.32. The van der Waals surface area contributed by atoms with Crippen molar-refractivity contribution in [1.82, 2.24) is 77.5 Å². The van der Waals surface area contributed by atoms with Gasteiger partial charge in [0.15, 0.2) is 17.5 Å². The molecule has 19 rings (SSSR count). The zero-order valence-electron chi connectivity index (χ0n) is 63.5. The Kier molecular flexibility index (Phi) is 24.6. The molecular weight excluding hydrogens is 1490 g/mol. The van der Waals surface area contributed by atoms with E-state index in [9.17, 15) is 14.0 Å². The molecule has 0 radical (unpaired) electrons. The third-order valence-corrected chi connectivity index (χ3v) is 22.2. The van der Waals surface area contributed by atoms with E-state index in [1.165, 1.54) is 83.2 Å². The Morgan fingerprint density at radius 1 is 0.500 bits per heavy atom. The molecule has 13 aromatic heterocycles. The van der Waals surface area contributed by atoms with Gasteiger partial charge in [-0.05, 0) is 106 Å². The van der Waals surface area contributed by atoms with E-state index in [-0.39, 0.29) is 17.6 Å². The molecule has 6 fully saturated rings. The molecule has 5 N–H and O–H groups in total. The molecule has 114 heavy (non-hydrogen) atoms. The van der Waals surface area contributed by atoms with E-state index in [1.807, 2.05) is 100 Å². The Morgan fingerprint density at radius 2 is 0.965 bits per heavy atom. The van der Waals surface area contributed by atoms with Gasteiger partial charge in [-0.25, -0.2) is 48.7 Å². The third kappa shape index (κ3) is 18.4. The lowest BCUT2D eigenvalue weighted by Crippen LogP contribution is -2.38. The summed E-state index contributed by atoms with van der Waals surface area (Å²) in [6.45, 7) is 9.84. The number of nitrogens with one attached hydrogen (secondary N) is 5. The number of ether oxygens (including phenoxy) is 5. The molecule has 4 saturated carbocycles. The van der Waals surface area contributed by atoms with Crippen LogP contribution in [0.3, 0.4) is 0 Å². The number of imidazole rings is 4. The number of morpholine rings is 2. The first-order valence-corrected chi connectivity index (χ1v) is 40.2. The minimum atomic E-state index is -0.733. The van der Waals surface area contributed by atoms with Gasteiger partial charge >= 0.3 is 0 Å². The maximum Gasteiger partial charge on any atom is 0.168 e. The molecule has 4 aliphatic carbocycles. The number of nitriles is 1. The standard InChI is InChI=1S/C26H31N7O2.C23H28ClN5O2.C19H19N5O.C16H13ClF2N4/c1-2-5-20(4-1)30-25-7-3-6-22(31-25)23-17-27-26-14-24(35-13-10-32-8-11-34-12-9-32)21(18-33(23)26)19-15-28-29-16-19;24-18-16-29-20(19-6-3-7-22(27-19)26-17-4-1-2-5-17)15-25-23(29)14-21(18)31-13-10-28-8-11-30-12-9-28;1-25-17-9-19-21-11-16(24(19)12-13(17)10-20)15-7-4-8-18(23-15)22-14-5-2-3-6-14;17-9-4-5-14-20-7-13(23(14)8-9)15-11(18)6-12(19)16(22-15)21-10-2-1-3-10/h3,6-7,14-18,20H,1-2,4-5,8-13H2,(H,28,29)(H,30,31);3,6-7,14-17H,1-2,4-5,8-13H2,(H,26,27);4,7-9,11-12,14H,2-3,5-6H2,1H3,(H,22,23);4-8,10H,1-3H2,(H,21,22). The number of methoxy groups -OCH3 is 1. The summed E-state index contributed by atoms with van der Waals surface area (Å²) in [5.74, 6) is 3.34. The van der Waals surface area contributed by atoms with Crippen LogP contribution < -0.4 is 35.5 Å². The molecule has 0 aromatic carbocycles. The molecule has 0 amide bonds. The van der Waals surface area contributed by atoms with Crippen molar-refractivity contribution in [2.24, 2.45) is 0 Å². The molecule has 2 saturated heterocycles. The van der Waals surface area contributed by atoms with E-state index in [0.29, 0.717) is 69.8 Å². The summed E-state index contributed by atoms with van der Waals surface area (Å²) >= 11 is 12.5. The molecule has 13 aromatic rings. The van der Waals surface area contributed by atoms with Gasteiger partial charge in [0.2, 0.25) is 0 Å². The van der Waals surface area contributed by atoms with Gasteiger partial charge < -0.3 is 45.0 Å². The number of H-pyrrole nitrogens is 1. The van der Waals surface area contributed by atoms with E-state index in [2.05, 4.69) is 88.9 Å². The molecule has 2 aliphatic heterocycles. The first kappa shape index (κ1) is 76.9. The Bertz CT molecular complexity index is 5460. The lowest BCUT2D eigenvalue weighted by atomic mass is 9.93. The first-order valence-electron chi connectivity index (χ1n) is 39.4. The number of aromatic nitrogens is 14. The number of pyridine rings is 8. The zero-order chi connectivity index (χ0) is 77.7. The number of hydrogen-bond acceptors (Lipinski definition) is 21. The van der Waals surface area contributed by atoms with E-state index >= 15 is 0 Å². The van der Waals surface area contributed by atoms with Crippen molar-refractivity contribution in [1.29, 1.82) is 5.26 Å². The number of rotatable bonds is 22. The van der Waals surface area contributed by atoms with Crippen LogP contribution in [0, 0.1) is 23.0 Å². The number of fused-ring (bicyclic) bond motifs is 4. The smallest absolute Gasteiger partial charge is 0.168 e. The quantitative estimate of drug-likeness (QED) is 0.0422. The van der Waals surface area contributed by atoms with Crippen molar-refractivity contribution in [3.05, 3.63) is 180 Å². The van der Waals surface area contributed by atoms with E-state index in [4.69, 9.17) is 61.8 Å². The van der Waals surface area contributed by atoms with Crippen LogP contribution in [-0.4, -0.2) is 188 Å². The van der Waals surface area contributed by atoms with Crippen LogP contribution in [0.25, 0.3) is 79.3 Å². The minimum Gasteiger partial charge on any atom is -0.495 e. The van der Waals surface area contributed by atoms with Gasteiger partial charge in [-0.1, -0.05) is 79.9 Å². The highest BCUT2D eigenvalue weighted by Gasteiger charge is 2.26. The van der Waals surface area contributed by atoms with Crippen LogP contribution >= 0.6 is 23.2 Å². The van der Waals surface area contributed by atoms with Gasteiger partial charge in [0.05, 0.1) is 114 Å². The SMILES string of the molecule is COc1cc2ncc(-c3cccc(NC4CCCC4)n3)n2cc1C#N.Clc1cn2c(-c3cccc(NC4CCCC4)n3)cnc2cc1OCCN1CCOCC1.Fc1cc(F)c(-c2cnc3ccc(Cl)cn23)nc1NC1CCC1.c1cc(NC2CCCC2)nc(-c2cnc3cc(OCCN4CCOCC4)c(-c4cn[nH]c4)cn23)c1. The summed E-state index contributed by atoms with van der Waals surface area (Å²) in [6.07, 6.45) is 36.0. The predicted octanol–water partition coefficient (Wildman–Crippen LogP) is 15.9. The highest BCUT2D eigenvalue weighted by Crippen LogP contribution is 2.37. The number of nitrogens with zero attached hydrogens (tertiary/aromatic N) is 16. The second-order valence-electron chi connectivity index (χ2n) is 29.4. The molecular formula is C84H91Cl2F2N21O5. The zero-order valence-corrected chi connectivity index (χ0v) is 65.1. The minimum absolute atomic E-state index is 0.0444. The van der Waals surface area contributed by atoms with Crippen molar-refractivity contribution in [2.75, 3.05) is 107 Å². The summed E-state index contributed by atoms with van der Waals surface area (Å²) in [6, 6.07) is 32.0. The predicted molar refractivity (Wildman–Crippen MR) is 437 cm³/mol. The average Bonchev–Trinajstić information content (AvgIpc) is 1.65. The van der Waals surface area contributed by atoms with Crippen LogP contribution in [0.2, 0.25) is 10.0 Å². The van der Waals surface area contributed by atoms with Gasteiger partial charge in [-0.15, -0.1) is 0 Å². The van der Waals surface area contributed by atoms with Crippen LogP contribution in [0.15, 0.2) is 153 Å². The van der Waals surface area contributed by atoms with Crippen LogP contribution in [0.4, 0.5) is 32.1 Å². The van der Waals surface area contributed by atoms with Crippen LogP contribution in [0.1, 0.15) is 102 Å². The van der Waals surface area contributed by atoms with Crippen molar-refractivity contribution in [2.45, 2.75) is 120 Å². The molecule has 15 heterocycles. The monoisotopic (exact) mass is 1580 g/mol. The fourth-order valence-corrected chi connectivity index (χ4v) is 15.7. The van der Waals surface area contributed by atoms with Gasteiger partial charge in [0.1, 0.15) is 87.8 Å². The molecule has 0 atom stereocenters. The summed E-state index contributed by atoms with van der Waals surface area (Å²) in [5, 5.41) is 31.2. The van der Waals surface area contributed by atoms with Crippen molar-refractivity contribution >= 4 is 69.1 Å². The maximum absolute atomic E-state index is 14.3. The number of anilines is 4. The Balaban J connectivity index is 0.000000116. The van der Waals surface area contributed by atoms with E-state index in [0.717, 1.165) is 176 Å². The summed E-state index contributed by atoms with van der Waals surface area (Å²) < 4.78 is 64.1. The van der Waals surface area contributed by atoms with Crippen LogP contribution in [0.5, 0.6) is 17.2 Å². The van der Waals surface area contributed by atoms with Gasteiger partial charge in [-0.3, -0.25) is 32.5 Å². The summed E-state index contributed by atoms with van der Waals surface area (Å²) in [5.41, 5.74) is 11.1. The van der Waals surface area contributed by atoms with Gasteiger partial charge in [0, 0.05) is 130 Å². The molecule has 6 aliphatic rings. The van der Waals surface area contributed by atoms with Crippen molar-refractivity contribution < 1.29 is 32.5 Å². The normalized spacial score (nSPS) is 16.4. The molecule has 0 spiro atoms. The lowest BCUT2D eigenvalue weighted by Gasteiger charge is -2.27. The van der Waals surface area contributed by atoms with E-state index in [1.54, 1.807) is 48.3 Å². The number of aromatic amines is 1. The number of hydrogen-bond donors (Lipinski definition) is 5. The van der Waals surface area contributed by atoms with Gasteiger partial charge in [-0.2, -0.15) is 10.4 Å². The van der Waals surface area contributed by atoms with Crippen molar-refractivity contribution in [3.63, 3.8) is 0 Å². The molecule has 30 heteroatoms. The Morgan fingerprint density at radius 3 is 1.46 bits per heavy atom. The van der Waals surface area contributed by atoms with Crippen LogP contribution in [-0.2, 0) is 9.47 Å². The first-order chi connectivity index (χ1) is 56.0. The van der Waals surface area contributed by atoms with Gasteiger partial charge in [0.25, 0.3) is 0 Å².